The molecule has 13 heteroatoms. The van der Waals surface area contributed by atoms with Crippen molar-refractivity contribution in [1.29, 1.82) is 0 Å². The molecule has 4 rings (SSSR count). The Morgan fingerprint density at radius 1 is 1.06 bits per heavy atom. The highest BCUT2D eigenvalue weighted by atomic mass is 35.5. The zero-order valence-corrected chi connectivity index (χ0v) is 21.3. The topological polar surface area (TPSA) is 139 Å². The van der Waals surface area contributed by atoms with Gasteiger partial charge in [-0.1, -0.05) is 41.9 Å². The van der Waals surface area contributed by atoms with Crippen LogP contribution < -0.4 is 4.72 Å². The minimum atomic E-state index is -4.17. The first-order valence-electron chi connectivity index (χ1n) is 10.7. The predicted molar refractivity (Wildman–Crippen MR) is 137 cm³/mol. The first-order valence-corrected chi connectivity index (χ1v) is 14.2. The molecule has 3 aromatic rings. The van der Waals surface area contributed by atoms with Gasteiger partial charge in [-0.15, -0.1) is 0 Å². The molecule has 3 aromatic carbocycles. The third kappa shape index (κ3) is 5.35. The summed E-state index contributed by atoms with van der Waals surface area (Å²) in [6, 6.07) is 17.0. The lowest BCUT2D eigenvalue weighted by Gasteiger charge is -2.23. The molecule has 0 bridgehead atoms. The highest BCUT2D eigenvalue weighted by Gasteiger charge is 2.38. The number of halogens is 1. The zero-order valence-electron chi connectivity index (χ0n) is 18.9. The van der Waals surface area contributed by atoms with Gasteiger partial charge in [0.05, 0.1) is 27.3 Å². The monoisotopic (exact) mass is 548 g/mol. The van der Waals surface area contributed by atoms with E-state index in [-0.39, 0.29) is 27.8 Å². The van der Waals surface area contributed by atoms with Crippen LogP contribution in [0.15, 0.2) is 82.8 Å². The first kappa shape index (κ1) is 25.6. The van der Waals surface area contributed by atoms with Gasteiger partial charge in [-0.2, -0.15) is 17.9 Å². The van der Waals surface area contributed by atoms with Crippen molar-refractivity contribution < 1.29 is 21.8 Å². The van der Waals surface area contributed by atoms with Crippen LogP contribution in [0.4, 0.5) is 11.4 Å². The number of sulfonamides is 2. The average molecular weight is 549 g/mol. The second kappa shape index (κ2) is 9.88. The number of nitrogens with one attached hydrogen (secondary N) is 1. The maximum Gasteiger partial charge on any atom is 0.279 e. The lowest BCUT2D eigenvalue weighted by atomic mass is 9.99. The van der Waals surface area contributed by atoms with E-state index in [2.05, 4.69) is 9.82 Å². The maximum atomic E-state index is 13.6. The van der Waals surface area contributed by atoms with Gasteiger partial charge >= 0.3 is 0 Å². The van der Waals surface area contributed by atoms with Gasteiger partial charge in [0.15, 0.2) is 0 Å². The van der Waals surface area contributed by atoms with Crippen molar-refractivity contribution in [1.82, 2.24) is 4.41 Å². The minimum Gasteiger partial charge on any atom is -0.284 e. The molecule has 10 nitrogen and oxygen atoms in total. The highest BCUT2D eigenvalue weighted by Crippen LogP contribution is 2.38. The number of nitrogens with zero attached hydrogens (tertiary/aromatic N) is 3. The van der Waals surface area contributed by atoms with Crippen LogP contribution in [-0.4, -0.2) is 37.6 Å². The van der Waals surface area contributed by atoms with E-state index >= 15 is 0 Å². The molecule has 1 aliphatic rings. The zero-order chi connectivity index (χ0) is 26.1. The SMILES string of the molecule is CCS(=O)(=O)Nc1ccc(C2=NN(S(=O)(=O)c3cccc(Cl)c3)[C@H](c3cccc([N+](=O)[O-])c3)C2)cc1. The largest absolute Gasteiger partial charge is 0.284 e. The molecule has 36 heavy (non-hydrogen) atoms. The van der Waals surface area contributed by atoms with Crippen molar-refractivity contribution in [3.63, 3.8) is 0 Å². The molecule has 1 heterocycles. The summed E-state index contributed by atoms with van der Waals surface area (Å²) in [5, 5.41) is 16.0. The molecular formula is C23H21ClN4O6S2. The normalized spacial score (nSPS) is 16.0. The van der Waals surface area contributed by atoms with Gasteiger partial charge in [0.1, 0.15) is 0 Å². The van der Waals surface area contributed by atoms with Crippen LogP contribution in [0.2, 0.25) is 5.02 Å². The molecule has 0 radical (unpaired) electrons. The molecule has 0 aliphatic carbocycles. The van der Waals surface area contributed by atoms with Crippen LogP contribution in [0.3, 0.4) is 0 Å². The van der Waals surface area contributed by atoms with Gasteiger partial charge in [0, 0.05) is 29.3 Å². The second-order valence-electron chi connectivity index (χ2n) is 7.94. The highest BCUT2D eigenvalue weighted by molar-refractivity contribution is 7.92. The molecule has 0 fully saturated rings. The van der Waals surface area contributed by atoms with E-state index in [0.29, 0.717) is 22.5 Å². The molecule has 0 amide bonds. The number of anilines is 1. The molecule has 1 atom stereocenters. The fourth-order valence-corrected chi connectivity index (χ4v) is 6.07. The van der Waals surface area contributed by atoms with E-state index in [1.807, 2.05) is 0 Å². The lowest BCUT2D eigenvalue weighted by Crippen LogP contribution is -2.27. The number of hydrogen-bond acceptors (Lipinski definition) is 7. The number of hydrogen-bond donors (Lipinski definition) is 1. The van der Waals surface area contributed by atoms with Crippen LogP contribution in [0.25, 0.3) is 0 Å². The van der Waals surface area contributed by atoms with Crippen molar-refractivity contribution in [2.24, 2.45) is 5.10 Å². The molecule has 1 N–H and O–H groups in total. The number of nitro groups is 1. The van der Waals surface area contributed by atoms with Crippen molar-refractivity contribution in [2.75, 3.05) is 10.5 Å². The Balaban J connectivity index is 1.75. The molecule has 0 spiro atoms. The summed E-state index contributed by atoms with van der Waals surface area (Å²) < 4.78 is 54.2. The van der Waals surface area contributed by atoms with E-state index in [4.69, 9.17) is 11.6 Å². The smallest absolute Gasteiger partial charge is 0.279 e. The third-order valence-corrected chi connectivity index (χ3v) is 8.77. The van der Waals surface area contributed by atoms with Gasteiger partial charge in [-0.3, -0.25) is 14.8 Å². The Bertz CT molecular complexity index is 1560. The van der Waals surface area contributed by atoms with Crippen LogP contribution in [0.1, 0.15) is 30.5 Å². The third-order valence-electron chi connectivity index (χ3n) is 5.55. The first-order chi connectivity index (χ1) is 17.0. The number of rotatable bonds is 8. The fourth-order valence-electron chi connectivity index (χ4n) is 3.70. The Labute approximate surface area is 213 Å². The predicted octanol–water partition coefficient (Wildman–Crippen LogP) is 4.55. The summed E-state index contributed by atoms with van der Waals surface area (Å²) in [5.74, 6) is -0.0807. The molecule has 0 saturated carbocycles. The quantitative estimate of drug-likeness (QED) is 0.323. The standard InChI is InChI=1S/C23H21ClN4O6S2/c1-2-35(31,32)26-19-11-9-16(10-12-19)22-15-23(17-5-3-7-20(13-17)28(29)30)27(25-22)36(33,34)21-8-4-6-18(24)14-21/h3-14,23,26H,2,15H2,1H3/t23-/m0/s1. The second-order valence-corrected chi connectivity index (χ2v) is 12.2. The van der Waals surface area contributed by atoms with Crippen LogP contribution >= 0.6 is 11.6 Å². The van der Waals surface area contributed by atoms with Crippen molar-refractivity contribution in [2.45, 2.75) is 24.3 Å². The molecular weight excluding hydrogens is 528 g/mol. The van der Waals surface area contributed by atoms with Crippen LogP contribution in [0, 0.1) is 10.1 Å². The van der Waals surface area contributed by atoms with E-state index in [1.165, 1.54) is 43.3 Å². The van der Waals surface area contributed by atoms with E-state index in [0.717, 1.165) is 4.41 Å². The Morgan fingerprint density at radius 2 is 1.75 bits per heavy atom. The van der Waals surface area contributed by atoms with Gasteiger partial charge in [0.2, 0.25) is 10.0 Å². The Kier molecular flexibility index (Phi) is 7.03. The summed E-state index contributed by atoms with van der Waals surface area (Å²) in [6.07, 6.45) is 0.140. The maximum absolute atomic E-state index is 13.6. The minimum absolute atomic E-state index is 0.0697. The molecule has 0 saturated heterocycles. The summed E-state index contributed by atoms with van der Waals surface area (Å²) in [6.45, 7) is 1.52. The fraction of sp³-hybridized carbons (Fsp3) is 0.174. The van der Waals surface area contributed by atoms with Gasteiger partial charge in [0.25, 0.3) is 15.7 Å². The van der Waals surface area contributed by atoms with Gasteiger partial charge in [-0.25, -0.2) is 8.42 Å². The molecule has 0 aromatic heterocycles. The number of hydrazone groups is 1. The van der Waals surface area contributed by atoms with Crippen molar-refractivity contribution in [3.8, 4) is 0 Å². The van der Waals surface area contributed by atoms with E-state index < -0.39 is 31.0 Å². The van der Waals surface area contributed by atoms with Crippen molar-refractivity contribution in [3.05, 3.63) is 99.1 Å². The summed E-state index contributed by atoms with van der Waals surface area (Å²) in [4.78, 5) is 10.7. The van der Waals surface area contributed by atoms with E-state index in [9.17, 15) is 26.9 Å². The Hall–Kier alpha value is -3.48. The summed E-state index contributed by atoms with van der Waals surface area (Å²) in [5.41, 5.74) is 1.59. The van der Waals surface area contributed by atoms with Crippen LogP contribution in [-0.2, 0) is 20.0 Å². The summed E-state index contributed by atoms with van der Waals surface area (Å²) in [7, 11) is -7.62. The van der Waals surface area contributed by atoms with E-state index in [1.54, 1.807) is 36.4 Å². The van der Waals surface area contributed by atoms with Crippen molar-refractivity contribution >= 4 is 48.7 Å². The van der Waals surface area contributed by atoms with Gasteiger partial charge in [-0.05, 0) is 48.4 Å². The number of nitro benzene ring substituents is 1. The Morgan fingerprint density at radius 3 is 2.39 bits per heavy atom. The van der Waals surface area contributed by atoms with Crippen LogP contribution in [0.5, 0.6) is 0 Å². The number of benzene rings is 3. The lowest BCUT2D eigenvalue weighted by molar-refractivity contribution is -0.384. The molecule has 1 aliphatic heterocycles. The molecule has 0 unspecified atom stereocenters. The number of non-ortho nitro benzene ring substituents is 1. The van der Waals surface area contributed by atoms with Gasteiger partial charge < -0.3 is 0 Å². The summed E-state index contributed by atoms with van der Waals surface area (Å²) >= 11 is 6.02. The average Bonchev–Trinajstić information content (AvgIpc) is 3.31. The molecule has 188 valence electrons.